The van der Waals surface area contributed by atoms with E-state index < -0.39 is 11.6 Å². The van der Waals surface area contributed by atoms with Crippen LogP contribution >= 0.6 is 0 Å². The van der Waals surface area contributed by atoms with Crippen LogP contribution in [0, 0.1) is 11.6 Å². The van der Waals surface area contributed by atoms with Crippen LogP contribution in [-0.4, -0.2) is 71.8 Å². The maximum Gasteiger partial charge on any atom is 0.254 e. The van der Waals surface area contributed by atoms with Crippen LogP contribution in [-0.2, 0) is 4.79 Å². The molecule has 142 valence electrons. The molecule has 0 N–H and O–H groups in total. The second-order valence-electron chi connectivity index (χ2n) is 7.13. The van der Waals surface area contributed by atoms with Crippen LogP contribution in [0.4, 0.5) is 8.78 Å². The fourth-order valence-corrected chi connectivity index (χ4v) is 3.67. The van der Waals surface area contributed by atoms with Crippen molar-refractivity contribution in [3.63, 3.8) is 0 Å². The predicted molar refractivity (Wildman–Crippen MR) is 93.7 cm³/mol. The van der Waals surface area contributed by atoms with Gasteiger partial charge in [0.15, 0.2) is 11.6 Å². The summed E-state index contributed by atoms with van der Waals surface area (Å²) in [5, 5.41) is 0. The Morgan fingerprint density at radius 1 is 1.04 bits per heavy atom. The highest BCUT2D eigenvalue weighted by atomic mass is 19.2. The zero-order valence-electron chi connectivity index (χ0n) is 15.1. The van der Waals surface area contributed by atoms with Crippen LogP contribution in [0.1, 0.15) is 36.5 Å². The summed E-state index contributed by atoms with van der Waals surface area (Å²) in [6, 6.07) is 3.50. The van der Waals surface area contributed by atoms with Gasteiger partial charge in [-0.25, -0.2) is 8.78 Å². The van der Waals surface area contributed by atoms with Crippen molar-refractivity contribution in [2.75, 3.05) is 39.3 Å². The number of halogens is 2. The highest BCUT2D eigenvalue weighted by Crippen LogP contribution is 2.17. The predicted octanol–water partition coefficient (Wildman–Crippen LogP) is 2.12. The molecular formula is C19H25F2N3O2. The molecule has 1 aromatic rings. The highest BCUT2D eigenvalue weighted by Gasteiger charge is 2.27. The van der Waals surface area contributed by atoms with Crippen LogP contribution in [0.3, 0.4) is 0 Å². The molecule has 2 amide bonds. The number of benzene rings is 1. The Morgan fingerprint density at radius 2 is 1.77 bits per heavy atom. The van der Waals surface area contributed by atoms with Gasteiger partial charge < -0.3 is 9.80 Å². The fourth-order valence-electron chi connectivity index (χ4n) is 3.67. The summed E-state index contributed by atoms with van der Waals surface area (Å²) in [5.41, 5.74) is 0.149. The maximum absolute atomic E-state index is 13.3. The van der Waals surface area contributed by atoms with Crippen LogP contribution in [0.5, 0.6) is 0 Å². The lowest BCUT2D eigenvalue weighted by molar-refractivity contribution is -0.136. The molecule has 0 saturated carbocycles. The van der Waals surface area contributed by atoms with E-state index in [2.05, 4.69) is 11.8 Å². The summed E-state index contributed by atoms with van der Waals surface area (Å²) < 4.78 is 26.3. The van der Waals surface area contributed by atoms with Crippen LogP contribution in [0.15, 0.2) is 18.2 Å². The van der Waals surface area contributed by atoms with E-state index >= 15 is 0 Å². The molecule has 1 unspecified atom stereocenters. The lowest BCUT2D eigenvalue weighted by Gasteiger charge is -2.38. The van der Waals surface area contributed by atoms with E-state index in [4.69, 9.17) is 0 Å². The van der Waals surface area contributed by atoms with Crippen LogP contribution in [0.25, 0.3) is 0 Å². The molecule has 0 radical (unpaired) electrons. The standard InChI is InChI=1S/C19H25F2N3O2/c1-14-4-2-3-7-24(14)18(25)13-22-8-10-23(11-9-22)19(26)15-5-6-16(20)17(21)12-15/h5-6,12,14H,2-4,7-11,13H2,1H3. The van der Waals surface area contributed by atoms with Gasteiger partial charge in [-0.1, -0.05) is 0 Å². The number of carbonyl (C=O) groups excluding carboxylic acids is 2. The first-order chi connectivity index (χ1) is 12.5. The number of hydrogen-bond acceptors (Lipinski definition) is 3. The van der Waals surface area contributed by atoms with Gasteiger partial charge in [-0.2, -0.15) is 0 Å². The average molecular weight is 365 g/mol. The second kappa shape index (κ2) is 8.12. The van der Waals surface area contributed by atoms with Gasteiger partial charge >= 0.3 is 0 Å². The molecule has 2 aliphatic heterocycles. The second-order valence-corrected chi connectivity index (χ2v) is 7.13. The van der Waals surface area contributed by atoms with E-state index in [1.54, 1.807) is 4.90 Å². The Balaban J connectivity index is 1.51. The summed E-state index contributed by atoms with van der Waals surface area (Å²) in [6.07, 6.45) is 3.30. The van der Waals surface area contributed by atoms with Crippen molar-refractivity contribution in [1.29, 1.82) is 0 Å². The number of piperazine rings is 1. The number of nitrogens with zero attached hydrogens (tertiary/aromatic N) is 3. The van der Waals surface area contributed by atoms with Gasteiger partial charge in [0.1, 0.15) is 0 Å². The Labute approximate surface area is 152 Å². The van der Waals surface area contributed by atoms with Gasteiger partial charge in [0.2, 0.25) is 5.91 Å². The van der Waals surface area contributed by atoms with Gasteiger partial charge in [0, 0.05) is 44.3 Å². The van der Waals surface area contributed by atoms with Gasteiger partial charge in [0.25, 0.3) is 5.91 Å². The summed E-state index contributed by atoms with van der Waals surface area (Å²) in [4.78, 5) is 30.6. The third-order valence-electron chi connectivity index (χ3n) is 5.31. The minimum absolute atomic E-state index is 0.149. The van der Waals surface area contributed by atoms with Crippen LogP contribution in [0.2, 0.25) is 0 Å². The zero-order chi connectivity index (χ0) is 18.7. The first kappa shape index (κ1) is 18.8. The molecule has 7 heteroatoms. The Bertz CT molecular complexity index is 675. The quantitative estimate of drug-likeness (QED) is 0.824. The Morgan fingerprint density at radius 3 is 2.42 bits per heavy atom. The molecule has 0 bridgehead atoms. The molecule has 2 saturated heterocycles. The van der Waals surface area contributed by atoms with E-state index in [1.807, 2.05) is 4.90 Å². The summed E-state index contributed by atoms with van der Waals surface area (Å²) in [6.45, 7) is 5.44. The number of piperidine rings is 1. The SMILES string of the molecule is CC1CCCCN1C(=O)CN1CCN(C(=O)c2ccc(F)c(F)c2)CC1. The van der Waals surface area contributed by atoms with Crippen molar-refractivity contribution >= 4 is 11.8 Å². The minimum Gasteiger partial charge on any atom is -0.339 e. The fraction of sp³-hybridized carbons (Fsp3) is 0.579. The summed E-state index contributed by atoms with van der Waals surface area (Å²) in [5.74, 6) is -2.13. The average Bonchev–Trinajstić information content (AvgIpc) is 2.64. The largest absolute Gasteiger partial charge is 0.339 e. The van der Waals surface area contributed by atoms with E-state index in [0.29, 0.717) is 38.8 Å². The van der Waals surface area contributed by atoms with E-state index in [9.17, 15) is 18.4 Å². The number of likely N-dealkylation sites (tertiary alicyclic amines) is 1. The van der Waals surface area contributed by atoms with E-state index in [1.165, 1.54) is 12.5 Å². The number of rotatable bonds is 3. The normalized spacial score (nSPS) is 21.7. The van der Waals surface area contributed by atoms with Gasteiger partial charge in [-0.05, 0) is 44.4 Å². The molecule has 1 atom stereocenters. The first-order valence-corrected chi connectivity index (χ1v) is 9.22. The third kappa shape index (κ3) is 4.20. The number of hydrogen-bond donors (Lipinski definition) is 0. The van der Waals surface area contributed by atoms with E-state index in [0.717, 1.165) is 31.5 Å². The topological polar surface area (TPSA) is 43.9 Å². The Kier molecular flexibility index (Phi) is 5.86. The third-order valence-corrected chi connectivity index (χ3v) is 5.31. The van der Waals surface area contributed by atoms with Crippen molar-refractivity contribution in [1.82, 2.24) is 14.7 Å². The number of carbonyl (C=O) groups is 2. The molecule has 2 aliphatic rings. The molecule has 5 nitrogen and oxygen atoms in total. The molecule has 2 heterocycles. The molecule has 26 heavy (non-hydrogen) atoms. The molecule has 3 rings (SSSR count). The minimum atomic E-state index is -1.02. The summed E-state index contributed by atoms with van der Waals surface area (Å²) in [7, 11) is 0. The first-order valence-electron chi connectivity index (χ1n) is 9.22. The molecule has 1 aromatic carbocycles. The molecular weight excluding hydrogens is 340 g/mol. The molecule has 0 aromatic heterocycles. The molecule has 2 fully saturated rings. The Hall–Kier alpha value is -2.02. The monoisotopic (exact) mass is 365 g/mol. The van der Waals surface area contributed by atoms with E-state index in [-0.39, 0.29) is 17.4 Å². The van der Waals surface area contributed by atoms with Gasteiger partial charge in [-0.15, -0.1) is 0 Å². The van der Waals surface area contributed by atoms with Gasteiger partial charge in [-0.3, -0.25) is 14.5 Å². The highest BCUT2D eigenvalue weighted by molar-refractivity contribution is 5.94. The zero-order valence-corrected chi connectivity index (χ0v) is 15.1. The van der Waals surface area contributed by atoms with Gasteiger partial charge in [0.05, 0.1) is 6.54 Å². The van der Waals surface area contributed by atoms with Crippen molar-refractivity contribution in [3.05, 3.63) is 35.4 Å². The van der Waals surface area contributed by atoms with Crippen LogP contribution < -0.4 is 0 Å². The molecule has 0 aliphatic carbocycles. The lowest BCUT2D eigenvalue weighted by Crippen LogP contribution is -2.53. The number of amides is 2. The van der Waals surface area contributed by atoms with Crippen molar-refractivity contribution in [2.24, 2.45) is 0 Å². The summed E-state index contributed by atoms with van der Waals surface area (Å²) >= 11 is 0. The molecule has 0 spiro atoms. The van der Waals surface area contributed by atoms with Crippen molar-refractivity contribution in [2.45, 2.75) is 32.2 Å². The lowest BCUT2D eigenvalue weighted by atomic mass is 10.0. The van der Waals surface area contributed by atoms with Crippen molar-refractivity contribution in [3.8, 4) is 0 Å². The van der Waals surface area contributed by atoms with Crippen molar-refractivity contribution < 1.29 is 18.4 Å². The smallest absolute Gasteiger partial charge is 0.254 e. The maximum atomic E-state index is 13.3.